The van der Waals surface area contributed by atoms with Gasteiger partial charge in [0.2, 0.25) is 5.91 Å². The summed E-state index contributed by atoms with van der Waals surface area (Å²) >= 11 is 5.92. The highest BCUT2D eigenvalue weighted by molar-refractivity contribution is 6.33. The Morgan fingerprint density at radius 3 is 2.71 bits per heavy atom. The molecule has 0 heterocycles. The van der Waals surface area contributed by atoms with E-state index in [2.05, 4.69) is 16.6 Å². The van der Waals surface area contributed by atoms with Crippen molar-refractivity contribution < 1.29 is 4.79 Å². The number of carbonyl (C=O) groups excluding carboxylic acids is 1. The molecule has 0 saturated carbocycles. The molecule has 2 N–H and O–H groups in total. The van der Waals surface area contributed by atoms with Crippen molar-refractivity contribution in [1.82, 2.24) is 5.32 Å². The van der Waals surface area contributed by atoms with E-state index in [-0.39, 0.29) is 12.5 Å². The summed E-state index contributed by atoms with van der Waals surface area (Å²) in [6.07, 6.45) is 5.30. The number of carbonyl (C=O) groups is 1. The first-order valence-corrected chi connectivity index (χ1v) is 5.59. The van der Waals surface area contributed by atoms with Crippen molar-refractivity contribution in [2.45, 2.75) is 19.4 Å². The third-order valence-corrected chi connectivity index (χ3v) is 2.53. The van der Waals surface area contributed by atoms with E-state index in [1.165, 1.54) is 0 Å². The van der Waals surface area contributed by atoms with E-state index in [4.69, 9.17) is 18.0 Å². The minimum atomic E-state index is -0.502. The number of hydrogen-bond donors (Lipinski definition) is 2. The van der Waals surface area contributed by atoms with Crippen LogP contribution in [0.5, 0.6) is 0 Å². The number of anilines is 1. The predicted octanol–water partition coefficient (Wildman–Crippen LogP) is 2.28. The van der Waals surface area contributed by atoms with Crippen molar-refractivity contribution >= 4 is 23.2 Å². The Bertz CT molecular complexity index is 449. The molecule has 0 aliphatic heterocycles. The molecule has 1 rings (SSSR count). The van der Waals surface area contributed by atoms with Gasteiger partial charge in [-0.25, -0.2) is 0 Å². The third kappa shape index (κ3) is 4.48. The molecule has 0 unspecified atom stereocenters. The average molecular weight is 251 g/mol. The van der Waals surface area contributed by atoms with Crippen LogP contribution in [0.2, 0.25) is 5.02 Å². The number of amides is 1. The predicted molar refractivity (Wildman–Crippen MR) is 71.0 cm³/mol. The molecule has 0 spiro atoms. The van der Waals surface area contributed by atoms with Gasteiger partial charge in [-0.15, -0.1) is 6.42 Å². The number of terminal acetylenes is 1. The molecule has 90 valence electrons. The van der Waals surface area contributed by atoms with Gasteiger partial charge in [0.15, 0.2) is 0 Å². The van der Waals surface area contributed by atoms with Crippen LogP contribution in [-0.2, 0) is 4.79 Å². The van der Waals surface area contributed by atoms with Crippen LogP contribution in [-0.4, -0.2) is 18.0 Å². The van der Waals surface area contributed by atoms with Crippen LogP contribution >= 0.6 is 11.6 Å². The van der Waals surface area contributed by atoms with Crippen molar-refractivity contribution in [2.24, 2.45) is 0 Å². The second-order valence-corrected chi connectivity index (χ2v) is 4.56. The number of para-hydroxylation sites is 1. The number of halogens is 1. The van der Waals surface area contributed by atoms with Crippen LogP contribution in [0.4, 0.5) is 5.69 Å². The summed E-state index contributed by atoms with van der Waals surface area (Å²) in [5.74, 6) is 2.38. The van der Waals surface area contributed by atoms with Crippen molar-refractivity contribution in [3.63, 3.8) is 0 Å². The minimum absolute atomic E-state index is 0.141. The fourth-order valence-electron chi connectivity index (χ4n) is 1.11. The van der Waals surface area contributed by atoms with E-state index in [0.29, 0.717) is 10.7 Å². The summed E-state index contributed by atoms with van der Waals surface area (Å²) in [4.78, 5) is 11.6. The van der Waals surface area contributed by atoms with Crippen LogP contribution < -0.4 is 10.6 Å². The zero-order valence-electron chi connectivity index (χ0n) is 9.88. The molecule has 0 aliphatic carbocycles. The Labute approximate surface area is 107 Å². The number of rotatable bonds is 4. The number of hydrogen-bond acceptors (Lipinski definition) is 2. The van der Waals surface area contributed by atoms with Gasteiger partial charge in [-0.1, -0.05) is 29.7 Å². The highest BCUT2D eigenvalue weighted by Gasteiger charge is 2.14. The van der Waals surface area contributed by atoms with Crippen molar-refractivity contribution in [1.29, 1.82) is 0 Å². The molecule has 1 aromatic carbocycles. The molecule has 0 saturated heterocycles. The van der Waals surface area contributed by atoms with Gasteiger partial charge in [-0.2, -0.15) is 0 Å². The van der Waals surface area contributed by atoms with Crippen LogP contribution in [0.3, 0.4) is 0 Å². The molecule has 3 nitrogen and oxygen atoms in total. The van der Waals surface area contributed by atoms with Gasteiger partial charge >= 0.3 is 0 Å². The first-order valence-electron chi connectivity index (χ1n) is 5.22. The van der Waals surface area contributed by atoms with Gasteiger partial charge in [-0.3, -0.25) is 10.1 Å². The van der Waals surface area contributed by atoms with Crippen molar-refractivity contribution in [2.75, 3.05) is 11.9 Å². The first kappa shape index (κ1) is 13.6. The van der Waals surface area contributed by atoms with Crippen LogP contribution in [0.25, 0.3) is 0 Å². The molecular formula is C13H15ClN2O. The van der Waals surface area contributed by atoms with Crippen LogP contribution in [0, 0.1) is 12.3 Å². The molecule has 4 heteroatoms. The Hall–Kier alpha value is -1.50. The van der Waals surface area contributed by atoms with Gasteiger partial charge < -0.3 is 5.32 Å². The van der Waals surface area contributed by atoms with Gasteiger partial charge in [0, 0.05) is 0 Å². The molecule has 17 heavy (non-hydrogen) atoms. The quantitative estimate of drug-likeness (QED) is 0.805. The maximum Gasteiger partial charge on any atom is 0.238 e. The maximum absolute atomic E-state index is 11.6. The molecular weight excluding hydrogens is 236 g/mol. The smallest absolute Gasteiger partial charge is 0.238 e. The number of nitrogens with one attached hydrogen (secondary N) is 2. The van der Waals surface area contributed by atoms with E-state index >= 15 is 0 Å². The summed E-state index contributed by atoms with van der Waals surface area (Å²) < 4.78 is 0. The Kier molecular flexibility index (Phi) is 4.56. The molecule has 0 aliphatic rings. The van der Waals surface area contributed by atoms with E-state index < -0.39 is 5.54 Å². The van der Waals surface area contributed by atoms with Gasteiger partial charge in [0.25, 0.3) is 0 Å². The molecule has 1 aromatic rings. The lowest BCUT2D eigenvalue weighted by Gasteiger charge is -2.19. The summed E-state index contributed by atoms with van der Waals surface area (Å²) in [7, 11) is 0. The van der Waals surface area contributed by atoms with Crippen molar-refractivity contribution in [3.05, 3.63) is 29.3 Å². The molecule has 0 bridgehead atoms. The largest absolute Gasteiger partial charge is 0.324 e. The molecule has 0 radical (unpaired) electrons. The zero-order chi connectivity index (χ0) is 12.9. The average Bonchev–Trinajstić information content (AvgIpc) is 2.30. The molecule has 0 atom stereocenters. The Morgan fingerprint density at radius 1 is 1.47 bits per heavy atom. The highest BCUT2D eigenvalue weighted by atomic mass is 35.5. The van der Waals surface area contributed by atoms with E-state index in [1.54, 1.807) is 24.3 Å². The summed E-state index contributed by atoms with van der Waals surface area (Å²) in [6.45, 7) is 3.80. The van der Waals surface area contributed by atoms with E-state index in [9.17, 15) is 4.79 Å². The van der Waals surface area contributed by atoms with Crippen LogP contribution in [0.15, 0.2) is 24.3 Å². The Morgan fingerprint density at radius 2 is 2.12 bits per heavy atom. The maximum atomic E-state index is 11.6. The highest BCUT2D eigenvalue weighted by Crippen LogP contribution is 2.20. The zero-order valence-corrected chi connectivity index (χ0v) is 10.6. The van der Waals surface area contributed by atoms with Crippen LogP contribution in [0.1, 0.15) is 13.8 Å². The molecule has 1 amide bonds. The van der Waals surface area contributed by atoms with Gasteiger partial charge in [-0.05, 0) is 26.0 Å². The standard InChI is InChI=1S/C13H15ClN2O/c1-4-13(2,3)15-9-12(17)16-11-8-6-5-7-10(11)14/h1,5-8,15H,9H2,2-3H3,(H,16,17). The van der Waals surface area contributed by atoms with E-state index in [0.717, 1.165) is 0 Å². The topological polar surface area (TPSA) is 41.1 Å². The third-order valence-electron chi connectivity index (χ3n) is 2.20. The minimum Gasteiger partial charge on any atom is -0.324 e. The van der Waals surface area contributed by atoms with Crippen molar-refractivity contribution in [3.8, 4) is 12.3 Å². The SMILES string of the molecule is C#CC(C)(C)NCC(=O)Nc1ccccc1Cl. The van der Waals surface area contributed by atoms with E-state index in [1.807, 2.05) is 13.8 Å². The monoisotopic (exact) mass is 250 g/mol. The summed E-state index contributed by atoms with van der Waals surface area (Å²) in [5.41, 5.74) is 0.0946. The lowest BCUT2D eigenvalue weighted by Crippen LogP contribution is -2.42. The van der Waals surface area contributed by atoms with Gasteiger partial charge in [0.05, 0.1) is 22.8 Å². The lowest BCUT2D eigenvalue weighted by atomic mass is 10.1. The first-order chi connectivity index (χ1) is 7.94. The Balaban J connectivity index is 2.52. The molecule has 0 fully saturated rings. The molecule has 0 aromatic heterocycles. The fourth-order valence-corrected chi connectivity index (χ4v) is 1.29. The number of benzene rings is 1. The normalized spacial score (nSPS) is 10.7. The summed E-state index contributed by atoms with van der Waals surface area (Å²) in [5, 5.41) is 6.17. The second-order valence-electron chi connectivity index (χ2n) is 4.15. The lowest BCUT2D eigenvalue weighted by molar-refractivity contribution is -0.115. The van der Waals surface area contributed by atoms with Gasteiger partial charge in [0.1, 0.15) is 0 Å². The summed E-state index contributed by atoms with van der Waals surface area (Å²) in [6, 6.07) is 7.07. The fraction of sp³-hybridized carbons (Fsp3) is 0.308. The second kappa shape index (κ2) is 5.72.